The number of allylic oxidation sites excluding steroid dienone is 20. The standard InChI is InChI=1S/C53H85O12P/c1-3-5-7-9-11-13-15-17-19-21-23-25-27-29-31-33-35-37-39-41-43-62-44-46(45-63-66(60,61)65-53-51(58)49(56)48(55)50(57)52(53)59)64-47(54)42-40-38-36-34-32-30-28-26-24-22-20-18-16-14-12-10-8-6-4-2/h5-8,11-14,17-20,23-26,30,32,36,38,46,48-53,55-59H,3-4,9-10,15-16,21-22,27-29,31,33-35,37,39-45H2,1-2H3,(H,60,61)/b7-5-,8-6-,13-11-,14-12-,19-17-,20-18-,25-23-,26-24-,32-30-,38-36-. The Morgan fingerprint density at radius 1 is 0.485 bits per heavy atom. The molecule has 0 saturated heterocycles. The maximum Gasteiger partial charge on any atom is 0.472 e. The van der Waals surface area contributed by atoms with Crippen LogP contribution in [0.4, 0.5) is 0 Å². The Labute approximate surface area is 397 Å². The number of unbranched alkanes of at least 4 members (excludes halogenated alkanes) is 7. The summed E-state index contributed by atoms with van der Waals surface area (Å²) in [6.07, 6.45) is 48.4. The van der Waals surface area contributed by atoms with Crippen LogP contribution in [0, 0.1) is 0 Å². The topological polar surface area (TPSA) is 192 Å². The highest BCUT2D eigenvalue weighted by molar-refractivity contribution is 7.47. The van der Waals surface area contributed by atoms with Crippen molar-refractivity contribution in [3.8, 4) is 0 Å². The summed E-state index contributed by atoms with van der Waals surface area (Å²) >= 11 is 0. The molecule has 1 aliphatic rings. The molecule has 6 N–H and O–H groups in total. The Balaban J connectivity index is 2.45. The summed E-state index contributed by atoms with van der Waals surface area (Å²) in [7, 11) is -5.05. The third-order valence-electron chi connectivity index (χ3n) is 10.3. The molecule has 1 aliphatic carbocycles. The van der Waals surface area contributed by atoms with Gasteiger partial charge < -0.3 is 39.9 Å². The zero-order valence-corrected chi connectivity index (χ0v) is 40.8. The number of rotatable bonds is 39. The van der Waals surface area contributed by atoms with Crippen LogP contribution in [0.3, 0.4) is 0 Å². The van der Waals surface area contributed by atoms with E-state index in [0.717, 1.165) is 89.9 Å². The first-order valence-electron chi connectivity index (χ1n) is 24.4. The summed E-state index contributed by atoms with van der Waals surface area (Å²) in [6.45, 7) is 3.91. The van der Waals surface area contributed by atoms with Gasteiger partial charge >= 0.3 is 13.8 Å². The second-order valence-corrected chi connectivity index (χ2v) is 17.6. The van der Waals surface area contributed by atoms with Gasteiger partial charge in [0.25, 0.3) is 0 Å². The highest BCUT2D eigenvalue weighted by atomic mass is 31.2. The second kappa shape index (κ2) is 41.9. The van der Waals surface area contributed by atoms with Gasteiger partial charge in [-0.25, -0.2) is 4.57 Å². The van der Waals surface area contributed by atoms with E-state index in [4.69, 9.17) is 18.5 Å². The van der Waals surface area contributed by atoms with Gasteiger partial charge in [0.1, 0.15) is 42.7 Å². The molecule has 1 rings (SSSR count). The molecule has 0 aromatic rings. The van der Waals surface area contributed by atoms with Gasteiger partial charge in [0.15, 0.2) is 0 Å². The quantitative estimate of drug-likeness (QED) is 0.0148. The first kappa shape index (κ1) is 60.8. The largest absolute Gasteiger partial charge is 0.472 e. The van der Waals surface area contributed by atoms with Crippen LogP contribution in [0.5, 0.6) is 0 Å². The molecule has 0 amide bonds. The minimum absolute atomic E-state index is 0.0496. The van der Waals surface area contributed by atoms with Crippen LogP contribution < -0.4 is 0 Å². The average molecular weight is 945 g/mol. The zero-order valence-electron chi connectivity index (χ0n) is 39.9. The molecule has 1 saturated carbocycles. The third-order valence-corrected chi connectivity index (χ3v) is 11.3. The van der Waals surface area contributed by atoms with Crippen molar-refractivity contribution in [1.29, 1.82) is 0 Å². The number of carbonyl (C=O) groups excluding carboxylic acids is 1. The van der Waals surface area contributed by atoms with Gasteiger partial charge in [0.2, 0.25) is 0 Å². The highest BCUT2D eigenvalue weighted by Gasteiger charge is 2.51. The summed E-state index contributed by atoms with van der Waals surface area (Å²) in [6, 6.07) is 0. The molecule has 1 fully saturated rings. The van der Waals surface area contributed by atoms with E-state index in [2.05, 4.69) is 123 Å². The fourth-order valence-corrected chi connectivity index (χ4v) is 7.52. The molecule has 6 unspecified atom stereocenters. The Bertz CT molecular complexity index is 1540. The maximum absolute atomic E-state index is 12.8. The number of carbonyl (C=O) groups is 1. The molecule has 12 nitrogen and oxygen atoms in total. The van der Waals surface area contributed by atoms with Crippen LogP contribution in [0.2, 0.25) is 0 Å². The lowest BCUT2D eigenvalue weighted by atomic mass is 9.85. The number of hydrogen-bond donors (Lipinski definition) is 6. The minimum atomic E-state index is -5.05. The number of esters is 1. The van der Waals surface area contributed by atoms with Gasteiger partial charge in [0.05, 0.1) is 13.2 Å². The molecule has 66 heavy (non-hydrogen) atoms. The number of aliphatic hydroxyl groups excluding tert-OH is 5. The van der Waals surface area contributed by atoms with Crippen molar-refractivity contribution in [2.75, 3.05) is 19.8 Å². The Morgan fingerprint density at radius 3 is 1.29 bits per heavy atom. The van der Waals surface area contributed by atoms with Gasteiger partial charge in [0, 0.05) is 13.0 Å². The number of aliphatic hydroxyl groups is 5. The molecule has 13 heteroatoms. The van der Waals surface area contributed by atoms with Crippen molar-refractivity contribution in [3.63, 3.8) is 0 Å². The number of phosphoric acid groups is 1. The number of ether oxygens (including phenoxy) is 2. The summed E-state index contributed by atoms with van der Waals surface area (Å²) < 4.78 is 34.1. The van der Waals surface area contributed by atoms with Crippen LogP contribution in [0.25, 0.3) is 0 Å². The molecule has 374 valence electrons. The van der Waals surface area contributed by atoms with Crippen molar-refractivity contribution in [1.82, 2.24) is 0 Å². The first-order chi connectivity index (χ1) is 32.0. The van der Waals surface area contributed by atoms with E-state index in [1.165, 1.54) is 19.3 Å². The highest BCUT2D eigenvalue weighted by Crippen LogP contribution is 2.47. The predicted octanol–water partition coefficient (Wildman–Crippen LogP) is 10.6. The normalized spacial score (nSPS) is 22.5. The molecular weight excluding hydrogens is 860 g/mol. The van der Waals surface area contributed by atoms with Crippen molar-refractivity contribution < 1.29 is 58.3 Å². The number of hydrogen-bond acceptors (Lipinski definition) is 11. The van der Waals surface area contributed by atoms with Crippen LogP contribution in [-0.2, 0) is 27.9 Å². The Hall–Kier alpha value is -3.26. The fourth-order valence-electron chi connectivity index (χ4n) is 6.55. The Morgan fingerprint density at radius 2 is 0.848 bits per heavy atom. The van der Waals surface area contributed by atoms with Crippen LogP contribution in [-0.4, -0.2) is 98.9 Å². The fraction of sp³-hybridized carbons (Fsp3) is 0.604. The Kier molecular flexibility index (Phi) is 38.6. The lowest BCUT2D eigenvalue weighted by Crippen LogP contribution is -2.64. The van der Waals surface area contributed by atoms with Gasteiger partial charge in [-0.15, -0.1) is 0 Å². The molecule has 0 aromatic carbocycles. The van der Waals surface area contributed by atoms with Gasteiger partial charge in [-0.2, -0.15) is 0 Å². The average Bonchev–Trinajstić information content (AvgIpc) is 3.30. The lowest BCUT2D eigenvalue weighted by Gasteiger charge is -2.41. The summed E-state index contributed by atoms with van der Waals surface area (Å²) in [5.41, 5.74) is 0. The van der Waals surface area contributed by atoms with Gasteiger partial charge in [-0.1, -0.05) is 167 Å². The lowest BCUT2D eigenvalue weighted by molar-refractivity contribution is -0.220. The molecule has 0 heterocycles. The van der Waals surface area contributed by atoms with Crippen molar-refractivity contribution in [2.45, 2.75) is 185 Å². The zero-order chi connectivity index (χ0) is 48.4. The maximum atomic E-state index is 12.8. The van der Waals surface area contributed by atoms with Crippen molar-refractivity contribution in [3.05, 3.63) is 122 Å². The van der Waals surface area contributed by atoms with Crippen LogP contribution in [0.15, 0.2) is 122 Å². The molecule has 6 atom stereocenters. The van der Waals surface area contributed by atoms with Gasteiger partial charge in [-0.05, 0) is 89.9 Å². The molecule has 0 radical (unpaired) electrons. The van der Waals surface area contributed by atoms with E-state index >= 15 is 0 Å². The van der Waals surface area contributed by atoms with E-state index in [1.54, 1.807) is 0 Å². The summed E-state index contributed by atoms with van der Waals surface area (Å²) in [4.78, 5) is 23.2. The van der Waals surface area contributed by atoms with E-state index < -0.39 is 63.1 Å². The summed E-state index contributed by atoms with van der Waals surface area (Å²) in [5, 5.41) is 50.3. The minimum Gasteiger partial charge on any atom is -0.457 e. The summed E-state index contributed by atoms with van der Waals surface area (Å²) in [5.74, 6) is -0.569. The monoisotopic (exact) mass is 945 g/mol. The molecule has 0 aromatic heterocycles. The molecule has 0 bridgehead atoms. The second-order valence-electron chi connectivity index (χ2n) is 16.2. The van der Waals surface area contributed by atoms with E-state index in [0.29, 0.717) is 19.4 Å². The molecule has 0 spiro atoms. The van der Waals surface area contributed by atoms with E-state index in [-0.39, 0.29) is 13.0 Å². The number of phosphoric ester groups is 1. The molecule has 0 aliphatic heterocycles. The smallest absolute Gasteiger partial charge is 0.457 e. The molecular formula is C53H85O12P. The van der Waals surface area contributed by atoms with Gasteiger partial charge in [-0.3, -0.25) is 13.8 Å². The van der Waals surface area contributed by atoms with Crippen molar-refractivity contribution >= 4 is 13.8 Å². The predicted molar refractivity (Wildman–Crippen MR) is 266 cm³/mol. The van der Waals surface area contributed by atoms with Crippen molar-refractivity contribution in [2.24, 2.45) is 0 Å². The van der Waals surface area contributed by atoms with E-state index in [1.807, 2.05) is 12.2 Å². The van der Waals surface area contributed by atoms with E-state index in [9.17, 15) is 39.8 Å². The van der Waals surface area contributed by atoms with Crippen LogP contribution in [0.1, 0.15) is 142 Å². The third kappa shape index (κ3) is 33.3. The van der Waals surface area contributed by atoms with Crippen LogP contribution >= 0.6 is 7.82 Å². The SMILES string of the molecule is CC/C=C\C/C=C\C/C=C\C/C=C\C/C=C\C/C=C\CCC(=O)OC(COCCCCCCCCC/C=C\C/C=C\C/C=C\C/C=C\CC)COP(=O)(O)OC1C(O)C(O)C(O)C(O)C1O. The first-order valence-corrected chi connectivity index (χ1v) is 25.9.